The molecular weight excluding hydrogens is 856 g/mol. The van der Waals surface area contributed by atoms with E-state index in [1.807, 2.05) is 0 Å². The van der Waals surface area contributed by atoms with E-state index in [0.29, 0.717) is 19.3 Å². The first-order chi connectivity index (χ1) is 32.2. The minimum absolute atomic E-state index is 0.157. The zero-order valence-electron chi connectivity index (χ0n) is 42.2. The molecule has 0 aliphatic rings. The second kappa shape index (κ2) is 48.9. The summed E-state index contributed by atoms with van der Waals surface area (Å²) >= 11 is 0. The number of carbonyl (C=O) groups is 3. The van der Waals surface area contributed by atoms with E-state index in [1.165, 1.54) is 64.2 Å². The summed E-state index contributed by atoms with van der Waals surface area (Å²) in [5.41, 5.74) is 0. The Labute approximate surface area is 403 Å². The molecule has 0 spiro atoms. The fourth-order valence-corrected chi connectivity index (χ4v) is 7.84. The molecule has 2 N–H and O–H groups in total. The van der Waals surface area contributed by atoms with E-state index in [4.69, 9.17) is 23.3 Å². The third kappa shape index (κ3) is 46.5. The molecule has 0 radical (unpaired) electrons. The van der Waals surface area contributed by atoms with Gasteiger partial charge in [0.2, 0.25) is 0 Å². The monoisotopic (exact) mass is 953 g/mol. The maximum atomic E-state index is 12.8. The lowest BCUT2D eigenvalue weighted by Crippen LogP contribution is -2.30. The Balaban J connectivity index is 4.74. The van der Waals surface area contributed by atoms with Crippen molar-refractivity contribution in [2.75, 3.05) is 26.4 Å². The van der Waals surface area contributed by atoms with E-state index in [9.17, 15) is 28.9 Å². The van der Waals surface area contributed by atoms with E-state index >= 15 is 0 Å². The Kier molecular flexibility index (Phi) is 47.0. The van der Waals surface area contributed by atoms with Crippen molar-refractivity contribution in [3.63, 3.8) is 0 Å². The van der Waals surface area contributed by atoms with Crippen LogP contribution in [-0.2, 0) is 42.2 Å². The van der Waals surface area contributed by atoms with Crippen molar-refractivity contribution < 1.29 is 52.2 Å². The molecular formula is C54H97O11P. The minimum atomic E-state index is -4.74. The van der Waals surface area contributed by atoms with Crippen LogP contribution < -0.4 is 0 Å². The van der Waals surface area contributed by atoms with Crippen LogP contribution in [0, 0.1) is 0 Å². The summed E-state index contributed by atoms with van der Waals surface area (Å²) < 4.78 is 39.3. The maximum Gasteiger partial charge on any atom is 0.472 e. The first kappa shape index (κ1) is 63.4. The molecule has 0 saturated heterocycles. The Morgan fingerprint density at radius 2 is 0.758 bits per heavy atom. The predicted octanol–water partition coefficient (Wildman–Crippen LogP) is 15.0. The van der Waals surface area contributed by atoms with Gasteiger partial charge in [0.1, 0.15) is 12.7 Å². The summed E-state index contributed by atoms with van der Waals surface area (Å²) in [5.74, 6) is -1.49. The van der Waals surface area contributed by atoms with E-state index in [2.05, 4.69) is 69.4 Å². The van der Waals surface area contributed by atoms with Gasteiger partial charge in [-0.15, -0.1) is 0 Å². The average molecular weight is 953 g/mol. The average Bonchev–Trinajstić information content (AvgIpc) is 3.30. The Bertz CT molecular complexity index is 1300. The summed E-state index contributed by atoms with van der Waals surface area (Å²) in [6.07, 6.45) is 49.4. The first-order valence-corrected chi connectivity index (χ1v) is 28.0. The molecule has 0 rings (SSSR count). The van der Waals surface area contributed by atoms with Gasteiger partial charge in [0.25, 0.3) is 0 Å². The fourth-order valence-electron chi connectivity index (χ4n) is 7.05. The number of unbranched alkanes of at least 4 members (excludes halogenated alkanes) is 24. The largest absolute Gasteiger partial charge is 0.472 e. The summed E-state index contributed by atoms with van der Waals surface area (Å²) in [6.45, 7) is 4.51. The van der Waals surface area contributed by atoms with Crippen LogP contribution in [0.3, 0.4) is 0 Å². The van der Waals surface area contributed by atoms with Crippen molar-refractivity contribution in [2.24, 2.45) is 0 Å². The molecule has 0 amide bonds. The molecule has 0 bridgehead atoms. The van der Waals surface area contributed by atoms with Gasteiger partial charge in [0.05, 0.1) is 19.8 Å². The lowest BCUT2D eigenvalue weighted by Gasteiger charge is -2.21. The van der Waals surface area contributed by atoms with Crippen molar-refractivity contribution in [3.05, 3.63) is 48.6 Å². The van der Waals surface area contributed by atoms with E-state index in [1.54, 1.807) is 0 Å². The third-order valence-electron chi connectivity index (χ3n) is 11.2. The van der Waals surface area contributed by atoms with Crippen LogP contribution in [-0.4, -0.2) is 66.5 Å². The molecule has 0 aliphatic carbocycles. The number of aliphatic hydroxyl groups excluding tert-OH is 1. The number of hydrogen-bond donors (Lipinski definition) is 2. The number of hydrogen-bond acceptors (Lipinski definition) is 10. The molecule has 0 aliphatic heterocycles. The van der Waals surface area contributed by atoms with Gasteiger partial charge in [-0.25, -0.2) is 4.57 Å². The highest BCUT2D eigenvalue weighted by Crippen LogP contribution is 2.43. The molecule has 66 heavy (non-hydrogen) atoms. The Morgan fingerprint density at radius 1 is 0.424 bits per heavy atom. The molecule has 0 aromatic carbocycles. The molecule has 0 fully saturated rings. The smallest absolute Gasteiger partial charge is 0.462 e. The number of phosphoric acid groups is 1. The maximum absolute atomic E-state index is 12.8. The molecule has 0 saturated carbocycles. The SMILES string of the molecule is CCCC/C=C\CCCCCCCC(=O)OCC(COP(=O)(O)OCC(CO)OC(=O)CCCCCCC/C=C\CCCC)OC(=O)CCCCCCCCC/C=C\C/C=C\CCCCC. The van der Waals surface area contributed by atoms with E-state index in [0.717, 1.165) is 116 Å². The van der Waals surface area contributed by atoms with Gasteiger partial charge in [0.15, 0.2) is 6.10 Å². The van der Waals surface area contributed by atoms with Gasteiger partial charge in [-0.3, -0.25) is 23.4 Å². The van der Waals surface area contributed by atoms with Crippen LogP contribution in [0.15, 0.2) is 48.6 Å². The van der Waals surface area contributed by atoms with Crippen LogP contribution in [0.2, 0.25) is 0 Å². The molecule has 0 heterocycles. The third-order valence-corrected chi connectivity index (χ3v) is 12.1. The molecule has 3 atom stereocenters. The normalized spacial score (nSPS) is 13.8. The van der Waals surface area contributed by atoms with Crippen molar-refractivity contribution in [1.82, 2.24) is 0 Å². The van der Waals surface area contributed by atoms with Gasteiger partial charge in [-0.05, 0) is 89.9 Å². The zero-order chi connectivity index (χ0) is 48.4. The summed E-state index contributed by atoms with van der Waals surface area (Å²) in [6, 6.07) is 0. The highest BCUT2D eigenvalue weighted by Gasteiger charge is 2.28. The topological polar surface area (TPSA) is 155 Å². The standard InChI is InChI=1S/C54H97O11P/c1-4-7-10-13-16-19-22-23-24-25-26-27-30-33-36-39-42-45-54(58)65-51(47-61-52(56)43-40-37-34-31-28-20-17-14-11-8-5-2)49-63-66(59,60)62-48-50(46-55)64-53(57)44-41-38-35-32-29-21-18-15-12-9-6-3/h14-19,23-24,50-51,55H,4-13,20-22,25-49H2,1-3H3,(H,59,60)/b17-14-,18-15-,19-16-,24-23-. The van der Waals surface area contributed by atoms with Crippen LogP contribution in [0.5, 0.6) is 0 Å². The van der Waals surface area contributed by atoms with Gasteiger partial charge in [-0.2, -0.15) is 0 Å². The van der Waals surface area contributed by atoms with Crippen molar-refractivity contribution in [1.29, 1.82) is 0 Å². The van der Waals surface area contributed by atoms with Crippen LogP contribution in [0.1, 0.15) is 239 Å². The molecule has 11 nitrogen and oxygen atoms in total. The Hall–Kier alpha value is -2.56. The minimum Gasteiger partial charge on any atom is -0.462 e. The molecule has 3 unspecified atom stereocenters. The quantitative estimate of drug-likeness (QED) is 0.0197. The second-order valence-electron chi connectivity index (χ2n) is 17.7. The highest BCUT2D eigenvalue weighted by molar-refractivity contribution is 7.47. The fraction of sp³-hybridized carbons (Fsp3) is 0.796. The molecule has 384 valence electrons. The predicted molar refractivity (Wildman–Crippen MR) is 270 cm³/mol. The van der Waals surface area contributed by atoms with Crippen LogP contribution >= 0.6 is 7.82 Å². The number of aliphatic hydroxyl groups is 1. The van der Waals surface area contributed by atoms with Crippen LogP contribution in [0.4, 0.5) is 0 Å². The number of carbonyl (C=O) groups excluding carboxylic acids is 3. The van der Waals surface area contributed by atoms with Gasteiger partial charge >= 0.3 is 25.7 Å². The number of esters is 3. The molecule has 0 aromatic rings. The summed E-state index contributed by atoms with van der Waals surface area (Å²) in [4.78, 5) is 48.3. The first-order valence-electron chi connectivity index (χ1n) is 26.5. The lowest BCUT2D eigenvalue weighted by atomic mass is 10.1. The highest BCUT2D eigenvalue weighted by atomic mass is 31.2. The molecule has 0 aromatic heterocycles. The van der Waals surface area contributed by atoms with Crippen molar-refractivity contribution >= 4 is 25.7 Å². The zero-order valence-corrected chi connectivity index (χ0v) is 43.1. The van der Waals surface area contributed by atoms with Gasteiger partial charge in [-0.1, -0.05) is 179 Å². The number of ether oxygens (including phenoxy) is 3. The summed E-state index contributed by atoms with van der Waals surface area (Å²) in [7, 11) is -4.74. The van der Waals surface area contributed by atoms with E-state index < -0.39 is 57.8 Å². The second-order valence-corrected chi connectivity index (χ2v) is 19.1. The van der Waals surface area contributed by atoms with Gasteiger partial charge < -0.3 is 24.2 Å². The van der Waals surface area contributed by atoms with Crippen molar-refractivity contribution in [2.45, 2.75) is 251 Å². The van der Waals surface area contributed by atoms with E-state index in [-0.39, 0.29) is 25.9 Å². The number of allylic oxidation sites excluding steroid dienone is 8. The Morgan fingerprint density at radius 3 is 1.18 bits per heavy atom. The summed E-state index contributed by atoms with van der Waals surface area (Å²) in [5, 5.41) is 9.76. The lowest BCUT2D eigenvalue weighted by molar-refractivity contribution is -0.161. The van der Waals surface area contributed by atoms with Crippen molar-refractivity contribution in [3.8, 4) is 0 Å². The van der Waals surface area contributed by atoms with Crippen LogP contribution in [0.25, 0.3) is 0 Å². The number of rotatable bonds is 49. The number of phosphoric ester groups is 1. The molecule has 12 heteroatoms. The van der Waals surface area contributed by atoms with Gasteiger partial charge in [0, 0.05) is 19.3 Å².